The molecule has 0 aliphatic heterocycles. The van der Waals surface area contributed by atoms with Gasteiger partial charge in [0.15, 0.2) is 10.4 Å². The summed E-state index contributed by atoms with van der Waals surface area (Å²) in [5.41, 5.74) is 1.34. The molecule has 1 atom stereocenters. The Hall–Kier alpha value is -2.38. The smallest absolute Gasteiger partial charge is 0.266 e. The molecule has 0 aliphatic carbocycles. The summed E-state index contributed by atoms with van der Waals surface area (Å²) in [6, 6.07) is 19.7. The second kappa shape index (κ2) is 10.1. The third-order valence-corrected chi connectivity index (χ3v) is 5.80. The van der Waals surface area contributed by atoms with Crippen LogP contribution in [0.15, 0.2) is 65.0 Å². The van der Waals surface area contributed by atoms with E-state index < -0.39 is 6.10 Å². The number of rotatable bonds is 9. The summed E-state index contributed by atoms with van der Waals surface area (Å²) in [4.78, 5) is 12.2. The van der Waals surface area contributed by atoms with Gasteiger partial charge in [0.1, 0.15) is 5.75 Å². The fraction of sp³-hybridized carbons (Fsp3) is 0.250. The third kappa shape index (κ3) is 6.37. The fourth-order valence-corrected chi connectivity index (χ4v) is 4.13. The second-order valence-electron chi connectivity index (χ2n) is 5.87. The first kappa shape index (κ1) is 19.4. The molecule has 0 saturated carbocycles. The van der Waals surface area contributed by atoms with Gasteiger partial charge in [0.25, 0.3) is 5.91 Å². The Labute approximate surface area is 167 Å². The van der Waals surface area contributed by atoms with Gasteiger partial charge in [0.2, 0.25) is 5.13 Å². The SMILES string of the molecule is CC(Oc1ccccc1)C(=O)Nc1nnc(SCCCc2ccccc2)s1. The fourth-order valence-electron chi connectivity index (χ4n) is 2.36. The summed E-state index contributed by atoms with van der Waals surface area (Å²) in [7, 11) is 0. The lowest BCUT2D eigenvalue weighted by Crippen LogP contribution is -2.30. The Morgan fingerprint density at radius 3 is 2.56 bits per heavy atom. The van der Waals surface area contributed by atoms with Gasteiger partial charge in [-0.2, -0.15) is 0 Å². The van der Waals surface area contributed by atoms with E-state index in [-0.39, 0.29) is 5.91 Å². The number of hydrogen-bond donors (Lipinski definition) is 1. The minimum atomic E-state index is -0.613. The van der Waals surface area contributed by atoms with E-state index in [1.807, 2.05) is 36.4 Å². The lowest BCUT2D eigenvalue weighted by molar-refractivity contribution is -0.122. The quantitative estimate of drug-likeness (QED) is 0.322. The van der Waals surface area contributed by atoms with Crippen molar-refractivity contribution < 1.29 is 9.53 Å². The zero-order chi connectivity index (χ0) is 18.9. The molecular formula is C20H21N3O2S2. The van der Waals surface area contributed by atoms with Crippen LogP contribution in [-0.4, -0.2) is 28.0 Å². The van der Waals surface area contributed by atoms with Gasteiger partial charge in [0, 0.05) is 5.75 Å². The number of thioether (sulfide) groups is 1. The van der Waals surface area contributed by atoms with Gasteiger partial charge >= 0.3 is 0 Å². The van der Waals surface area contributed by atoms with Crippen LogP contribution in [0.25, 0.3) is 0 Å². The number of anilines is 1. The zero-order valence-electron chi connectivity index (χ0n) is 15.0. The summed E-state index contributed by atoms with van der Waals surface area (Å²) in [6.45, 7) is 1.71. The molecule has 5 nitrogen and oxygen atoms in total. The van der Waals surface area contributed by atoms with Gasteiger partial charge < -0.3 is 4.74 Å². The number of carbonyl (C=O) groups is 1. The molecule has 1 amide bonds. The predicted octanol–water partition coefficient (Wildman–Crippen LogP) is 4.67. The molecule has 27 heavy (non-hydrogen) atoms. The van der Waals surface area contributed by atoms with Crippen LogP contribution in [0.2, 0.25) is 0 Å². The highest BCUT2D eigenvalue weighted by Gasteiger charge is 2.17. The Balaban J connectivity index is 1.41. The zero-order valence-corrected chi connectivity index (χ0v) is 16.6. The number of aryl methyl sites for hydroxylation is 1. The van der Waals surface area contributed by atoms with E-state index in [0.29, 0.717) is 10.9 Å². The maximum absolute atomic E-state index is 12.2. The lowest BCUT2D eigenvalue weighted by Gasteiger charge is -2.13. The van der Waals surface area contributed by atoms with Gasteiger partial charge in [0.05, 0.1) is 0 Å². The maximum Gasteiger partial charge on any atom is 0.266 e. The molecule has 2 aromatic carbocycles. The highest BCUT2D eigenvalue weighted by molar-refractivity contribution is 8.01. The second-order valence-corrected chi connectivity index (χ2v) is 8.19. The maximum atomic E-state index is 12.2. The van der Waals surface area contributed by atoms with E-state index in [4.69, 9.17) is 4.74 Å². The molecule has 0 radical (unpaired) electrons. The van der Waals surface area contributed by atoms with E-state index in [9.17, 15) is 4.79 Å². The Morgan fingerprint density at radius 2 is 1.81 bits per heavy atom. The van der Waals surface area contributed by atoms with Crippen molar-refractivity contribution >= 4 is 34.1 Å². The highest BCUT2D eigenvalue weighted by atomic mass is 32.2. The summed E-state index contributed by atoms with van der Waals surface area (Å²) >= 11 is 3.05. The minimum absolute atomic E-state index is 0.240. The number of nitrogens with one attached hydrogen (secondary N) is 1. The monoisotopic (exact) mass is 399 g/mol. The van der Waals surface area contributed by atoms with E-state index >= 15 is 0 Å². The molecule has 7 heteroatoms. The molecule has 1 unspecified atom stereocenters. The van der Waals surface area contributed by atoms with Crippen LogP contribution in [0.5, 0.6) is 5.75 Å². The molecule has 1 aromatic heterocycles. The molecule has 3 aromatic rings. The largest absolute Gasteiger partial charge is 0.481 e. The summed E-state index contributed by atoms with van der Waals surface area (Å²) in [5.74, 6) is 1.38. The molecule has 0 spiro atoms. The van der Waals surface area contributed by atoms with Crippen LogP contribution in [0.4, 0.5) is 5.13 Å². The van der Waals surface area contributed by atoms with Crippen molar-refractivity contribution in [2.75, 3.05) is 11.1 Å². The number of ether oxygens (including phenoxy) is 1. The molecule has 1 heterocycles. The third-order valence-electron chi connectivity index (χ3n) is 3.74. The standard InChI is InChI=1S/C20H21N3O2S2/c1-15(25-17-12-6-3-7-13-17)18(24)21-19-22-23-20(27-19)26-14-8-11-16-9-4-2-5-10-16/h2-7,9-10,12-13,15H,8,11,14H2,1H3,(H,21,22,24). The number of aromatic nitrogens is 2. The van der Waals surface area contributed by atoms with E-state index in [2.05, 4.69) is 39.8 Å². The van der Waals surface area contributed by atoms with Crippen molar-refractivity contribution in [3.8, 4) is 5.75 Å². The predicted molar refractivity (Wildman–Crippen MR) is 111 cm³/mol. The summed E-state index contributed by atoms with van der Waals surface area (Å²) in [5, 5.41) is 11.4. The van der Waals surface area contributed by atoms with Gasteiger partial charge in [-0.25, -0.2) is 0 Å². The van der Waals surface area contributed by atoms with Crippen molar-refractivity contribution in [3.63, 3.8) is 0 Å². The minimum Gasteiger partial charge on any atom is -0.481 e. The first-order valence-electron chi connectivity index (χ1n) is 8.73. The molecular weight excluding hydrogens is 378 g/mol. The first-order chi connectivity index (χ1) is 13.2. The van der Waals surface area contributed by atoms with Crippen molar-refractivity contribution in [1.82, 2.24) is 10.2 Å². The van der Waals surface area contributed by atoms with Gasteiger partial charge in [-0.15, -0.1) is 10.2 Å². The summed E-state index contributed by atoms with van der Waals surface area (Å²) in [6.07, 6.45) is 1.50. The summed E-state index contributed by atoms with van der Waals surface area (Å²) < 4.78 is 6.47. The van der Waals surface area contributed by atoms with Gasteiger partial charge in [-0.1, -0.05) is 71.6 Å². The number of para-hydroxylation sites is 1. The average molecular weight is 400 g/mol. The number of nitrogens with zero attached hydrogens (tertiary/aromatic N) is 2. The van der Waals surface area contributed by atoms with Crippen LogP contribution in [0, 0.1) is 0 Å². The molecule has 0 saturated heterocycles. The Bertz CT molecular complexity index is 841. The van der Waals surface area contributed by atoms with Crippen LogP contribution in [-0.2, 0) is 11.2 Å². The number of amides is 1. The van der Waals surface area contributed by atoms with Crippen LogP contribution in [0.1, 0.15) is 18.9 Å². The van der Waals surface area contributed by atoms with E-state index in [1.54, 1.807) is 18.7 Å². The molecule has 0 bridgehead atoms. The molecule has 140 valence electrons. The van der Waals surface area contributed by atoms with Crippen molar-refractivity contribution in [1.29, 1.82) is 0 Å². The van der Waals surface area contributed by atoms with Crippen molar-refractivity contribution in [3.05, 3.63) is 66.2 Å². The first-order valence-corrected chi connectivity index (χ1v) is 10.5. The molecule has 0 fully saturated rings. The lowest BCUT2D eigenvalue weighted by atomic mass is 10.1. The number of benzene rings is 2. The van der Waals surface area contributed by atoms with Crippen molar-refractivity contribution in [2.24, 2.45) is 0 Å². The van der Waals surface area contributed by atoms with Crippen LogP contribution < -0.4 is 10.1 Å². The Morgan fingerprint density at radius 1 is 1.11 bits per heavy atom. The van der Waals surface area contributed by atoms with Gasteiger partial charge in [-0.3, -0.25) is 10.1 Å². The molecule has 3 rings (SSSR count). The molecule has 1 N–H and O–H groups in total. The van der Waals surface area contributed by atoms with Crippen molar-refractivity contribution in [2.45, 2.75) is 30.2 Å². The topological polar surface area (TPSA) is 64.1 Å². The number of hydrogen-bond acceptors (Lipinski definition) is 6. The normalized spacial score (nSPS) is 11.7. The Kier molecular flexibility index (Phi) is 7.24. The average Bonchev–Trinajstić information content (AvgIpc) is 3.14. The van der Waals surface area contributed by atoms with Crippen LogP contribution in [0.3, 0.4) is 0 Å². The van der Waals surface area contributed by atoms with E-state index in [0.717, 1.165) is 22.9 Å². The number of carbonyl (C=O) groups excluding carboxylic acids is 1. The highest BCUT2D eigenvalue weighted by Crippen LogP contribution is 2.26. The van der Waals surface area contributed by atoms with E-state index in [1.165, 1.54) is 16.9 Å². The molecule has 0 aliphatic rings. The van der Waals surface area contributed by atoms with Crippen LogP contribution >= 0.6 is 23.1 Å². The van der Waals surface area contributed by atoms with Gasteiger partial charge in [-0.05, 0) is 37.5 Å².